The first-order valence-corrected chi connectivity index (χ1v) is 8.55. The van der Waals surface area contributed by atoms with Gasteiger partial charge in [-0.05, 0) is 24.3 Å². The molecule has 1 heterocycles. The summed E-state index contributed by atoms with van der Waals surface area (Å²) in [6, 6.07) is 15.7. The molecule has 0 fully saturated rings. The van der Waals surface area contributed by atoms with Crippen molar-refractivity contribution >= 4 is 29.3 Å². The van der Waals surface area contributed by atoms with Crippen LogP contribution in [0.25, 0.3) is 11.4 Å². The fourth-order valence-electron chi connectivity index (χ4n) is 2.21. The van der Waals surface area contributed by atoms with Gasteiger partial charge in [-0.3, -0.25) is 14.7 Å². The van der Waals surface area contributed by atoms with Crippen molar-refractivity contribution in [3.05, 3.63) is 60.2 Å². The Morgan fingerprint density at radius 3 is 2.65 bits per heavy atom. The summed E-state index contributed by atoms with van der Waals surface area (Å²) in [4.78, 5) is 27.4. The molecule has 0 spiro atoms. The number of nitrogens with zero attached hydrogens (tertiary/aromatic N) is 3. The average molecular weight is 369 g/mol. The first-order valence-electron chi connectivity index (χ1n) is 7.56. The number of aromatic amines is 1. The number of rotatable bonds is 6. The molecular weight excluding hydrogens is 354 g/mol. The smallest absolute Gasteiger partial charge is 0.313 e. The highest BCUT2D eigenvalue weighted by atomic mass is 32.2. The molecule has 4 N–H and O–H groups in total. The molecule has 9 heteroatoms. The van der Waals surface area contributed by atoms with Gasteiger partial charge in [-0.15, -0.1) is 5.10 Å². The Bertz CT molecular complexity index is 929. The van der Waals surface area contributed by atoms with Gasteiger partial charge in [0.2, 0.25) is 5.16 Å². The highest BCUT2D eigenvalue weighted by Crippen LogP contribution is 2.21. The summed E-state index contributed by atoms with van der Waals surface area (Å²) in [5.41, 5.74) is 1.62. The molecule has 0 saturated heterocycles. The summed E-state index contributed by atoms with van der Waals surface area (Å²) in [6.45, 7) is 0. The minimum absolute atomic E-state index is 0.130. The molecule has 0 unspecified atom stereocenters. The molecule has 0 aliphatic carbocycles. The predicted octanol–water partition coefficient (Wildman–Crippen LogP) is 2.17. The van der Waals surface area contributed by atoms with Gasteiger partial charge < -0.3 is 5.11 Å². The average Bonchev–Trinajstić information content (AvgIpc) is 3.15. The quantitative estimate of drug-likeness (QED) is 0.263. The molecule has 26 heavy (non-hydrogen) atoms. The molecule has 3 aromatic rings. The number of carboxylic acid groups (broad SMARTS) is 1. The third-order valence-corrected chi connectivity index (χ3v) is 4.26. The summed E-state index contributed by atoms with van der Waals surface area (Å²) < 4.78 is 0. The summed E-state index contributed by atoms with van der Waals surface area (Å²) in [7, 11) is 0. The van der Waals surface area contributed by atoms with Crippen LogP contribution in [0.15, 0.2) is 59.8 Å². The molecule has 0 saturated carbocycles. The van der Waals surface area contributed by atoms with Gasteiger partial charge in [0.15, 0.2) is 5.82 Å². The van der Waals surface area contributed by atoms with Gasteiger partial charge in [-0.2, -0.15) is 0 Å². The third-order valence-electron chi connectivity index (χ3n) is 3.43. The monoisotopic (exact) mass is 369 g/mol. The number of nitrogens with one attached hydrogen (secondary N) is 1. The van der Waals surface area contributed by atoms with Crippen molar-refractivity contribution < 1.29 is 14.7 Å². The van der Waals surface area contributed by atoms with E-state index in [1.807, 2.05) is 6.07 Å². The van der Waals surface area contributed by atoms with Crippen molar-refractivity contribution in [1.82, 2.24) is 15.2 Å². The van der Waals surface area contributed by atoms with Gasteiger partial charge in [-0.1, -0.05) is 42.1 Å². The summed E-state index contributed by atoms with van der Waals surface area (Å²) in [6.07, 6.45) is 0. The lowest BCUT2D eigenvalue weighted by Crippen LogP contribution is -2.37. The SMILES string of the molecule is NN(C(=O)c1cccc(-c2nc(SCC(=O)O)n[nH]2)c1)c1ccccc1. The largest absolute Gasteiger partial charge is 0.481 e. The van der Waals surface area contributed by atoms with Crippen LogP contribution in [0.1, 0.15) is 10.4 Å². The number of anilines is 1. The number of carbonyl (C=O) groups is 2. The summed E-state index contributed by atoms with van der Waals surface area (Å²) in [5.74, 6) is 4.92. The molecule has 3 rings (SSSR count). The van der Waals surface area contributed by atoms with E-state index in [4.69, 9.17) is 10.9 Å². The fraction of sp³-hybridized carbons (Fsp3) is 0.0588. The maximum absolute atomic E-state index is 12.6. The molecule has 1 aromatic heterocycles. The van der Waals surface area contributed by atoms with Gasteiger partial charge in [0, 0.05) is 11.1 Å². The number of para-hydroxylation sites is 1. The van der Waals surface area contributed by atoms with Crippen molar-refractivity contribution in [2.24, 2.45) is 5.84 Å². The van der Waals surface area contributed by atoms with Gasteiger partial charge in [-0.25, -0.2) is 15.8 Å². The van der Waals surface area contributed by atoms with Crippen LogP contribution in [0.5, 0.6) is 0 Å². The molecular formula is C17H15N5O3S. The van der Waals surface area contributed by atoms with E-state index in [0.29, 0.717) is 27.8 Å². The van der Waals surface area contributed by atoms with Crippen LogP contribution in [-0.2, 0) is 4.79 Å². The maximum atomic E-state index is 12.6. The number of aliphatic carboxylic acids is 1. The Labute approximate surface area is 153 Å². The molecule has 0 atom stereocenters. The Morgan fingerprint density at radius 1 is 1.15 bits per heavy atom. The highest BCUT2D eigenvalue weighted by Gasteiger charge is 2.16. The van der Waals surface area contributed by atoms with Crippen LogP contribution < -0.4 is 10.9 Å². The van der Waals surface area contributed by atoms with Gasteiger partial charge in [0.05, 0.1) is 11.4 Å². The van der Waals surface area contributed by atoms with E-state index in [1.165, 1.54) is 0 Å². The number of nitrogens with two attached hydrogens (primary N) is 1. The molecule has 0 aliphatic rings. The van der Waals surface area contributed by atoms with Gasteiger partial charge in [0.1, 0.15) is 0 Å². The first kappa shape index (κ1) is 17.6. The number of carboxylic acids is 1. The molecule has 8 nitrogen and oxygen atoms in total. The van der Waals surface area contributed by atoms with Crippen LogP contribution in [0.3, 0.4) is 0 Å². The van der Waals surface area contributed by atoms with Crippen LogP contribution in [0.4, 0.5) is 5.69 Å². The summed E-state index contributed by atoms with van der Waals surface area (Å²) >= 11 is 1.01. The number of carbonyl (C=O) groups excluding carboxylic acids is 1. The Balaban J connectivity index is 1.80. The van der Waals surface area contributed by atoms with E-state index in [-0.39, 0.29) is 11.7 Å². The second-order valence-electron chi connectivity index (χ2n) is 5.24. The number of amides is 1. The number of H-pyrrole nitrogens is 1. The highest BCUT2D eigenvalue weighted by molar-refractivity contribution is 7.99. The molecule has 0 bridgehead atoms. The van der Waals surface area contributed by atoms with E-state index < -0.39 is 5.97 Å². The number of hydrogen-bond acceptors (Lipinski definition) is 6. The summed E-state index contributed by atoms with van der Waals surface area (Å²) in [5, 5.41) is 16.8. The molecule has 0 aliphatic heterocycles. The van der Waals surface area contributed by atoms with Crippen LogP contribution >= 0.6 is 11.8 Å². The predicted molar refractivity (Wildman–Crippen MR) is 97.6 cm³/mol. The van der Waals surface area contributed by atoms with Crippen LogP contribution in [0.2, 0.25) is 0 Å². The molecule has 0 radical (unpaired) electrons. The fourth-order valence-corrected chi connectivity index (χ4v) is 2.73. The Kier molecular flexibility index (Phi) is 5.30. The van der Waals surface area contributed by atoms with Crippen molar-refractivity contribution in [2.75, 3.05) is 10.8 Å². The normalized spacial score (nSPS) is 10.5. The van der Waals surface area contributed by atoms with Crippen molar-refractivity contribution in [2.45, 2.75) is 5.16 Å². The molecule has 2 aromatic carbocycles. The second kappa shape index (κ2) is 7.81. The van der Waals surface area contributed by atoms with Crippen molar-refractivity contribution in [3.63, 3.8) is 0 Å². The zero-order chi connectivity index (χ0) is 18.5. The minimum atomic E-state index is -0.946. The number of benzene rings is 2. The van der Waals surface area contributed by atoms with Crippen molar-refractivity contribution in [3.8, 4) is 11.4 Å². The maximum Gasteiger partial charge on any atom is 0.313 e. The lowest BCUT2D eigenvalue weighted by atomic mass is 10.1. The first-order chi connectivity index (χ1) is 12.5. The minimum Gasteiger partial charge on any atom is -0.481 e. The third kappa shape index (κ3) is 4.08. The number of hydrazine groups is 1. The number of hydrogen-bond donors (Lipinski definition) is 3. The van der Waals surface area contributed by atoms with Crippen LogP contribution in [-0.4, -0.2) is 37.9 Å². The van der Waals surface area contributed by atoms with Crippen molar-refractivity contribution in [1.29, 1.82) is 0 Å². The number of thioether (sulfide) groups is 1. The zero-order valence-corrected chi connectivity index (χ0v) is 14.3. The standard InChI is InChI=1S/C17H15N5O3S/c18-22(13-7-2-1-3-8-13)16(25)12-6-4-5-11(9-12)15-19-17(21-20-15)26-10-14(23)24/h1-9H,10,18H2,(H,23,24)(H,19,20,21). The Morgan fingerprint density at radius 2 is 1.92 bits per heavy atom. The van der Waals surface area contributed by atoms with E-state index >= 15 is 0 Å². The topological polar surface area (TPSA) is 125 Å². The zero-order valence-electron chi connectivity index (χ0n) is 13.5. The molecule has 132 valence electrons. The van der Waals surface area contributed by atoms with Gasteiger partial charge >= 0.3 is 5.97 Å². The lowest BCUT2D eigenvalue weighted by molar-refractivity contribution is -0.133. The lowest BCUT2D eigenvalue weighted by Gasteiger charge is -2.16. The van der Waals surface area contributed by atoms with Gasteiger partial charge in [0.25, 0.3) is 5.91 Å². The van der Waals surface area contributed by atoms with E-state index in [9.17, 15) is 9.59 Å². The van der Waals surface area contributed by atoms with E-state index in [0.717, 1.165) is 16.8 Å². The van der Waals surface area contributed by atoms with Crippen LogP contribution in [0, 0.1) is 0 Å². The number of aromatic nitrogens is 3. The molecule has 1 amide bonds. The Hall–Kier alpha value is -3.17. The second-order valence-corrected chi connectivity index (χ2v) is 6.18. The van der Waals surface area contributed by atoms with E-state index in [1.54, 1.807) is 48.5 Å². The van der Waals surface area contributed by atoms with E-state index in [2.05, 4.69) is 15.2 Å².